The highest BCUT2D eigenvalue weighted by Crippen LogP contribution is 2.30. The average molecular weight is 319 g/mol. The van der Waals surface area contributed by atoms with E-state index >= 15 is 0 Å². The minimum Gasteiger partial charge on any atom is -0.508 e. The van der Waals surface area contributed by atoms with Crippen molar-refractivity contribution in [2.75, 3.05) is 5.32 Å². The predicted octanol–water partition coefficient (Wildman–Crippen LogP) is 4.75. The average Bonchev–Trinajstić information content (AvgIpc) is 2.63. The maximum Gasteiger partial charge on any atom is 0.153 e. The summed E-state index contributed by atoms with van der Waals surface area (Å²) >= 11 is 0. The number of aromatic nitrogens is 2. The molecule has 0 amide bonds. The first kappa shape index (κ1) is 14.9. The maximum absolute atomic E-state index is 9.55. The van der Waals surface area contributed by atoms with Gasteiger partial charge in [-0.1, -0.05) is 31.4 Å². The van der Waals surface area contributed by atoms with Crippen LogP contribution in [0.25, 0.3) is 22.3 Å². The summed E-state index contributed by atoms with van der Waals surface area (Å²) in [5.74, 6) is 1.10. The second-order valence-electron chi connectivity index (χ2n) is 6.44. The van der Waals surface area contributed by atoms with Crippen LogP contribution in [0.2, 0.25) is 0 Å². The molecule has 4 heteroatoms. The first-order chi connectivity index (χ1) is 11.8. The summed E-state index contributed by atoms with van der Waals surface area (Å²) in [6, 6.07) is 15.6. The van der Waals surface area contributed by atoms with E-state index in [-0.39, 0.29) is 5.75 Å². The molecule has 0 radical (unpaired) electrons. The summed E-state index contributed by atoms with van der Waals surface area (Å²) < 4.78 is 0. The van der Waals surface area contributed by atoms with Crippen LogP contribution in [-0.2, 0) is 0 Å². The molecule has 1 aliphatic rings. The molecule has 4 rings (SSSR count). The first-order valence-corrected chi connectivity index (χ1v) is 8.62. The van der Waals surface area contributed by atoms with Gasteiger partial charge >= 0.3 is 0 Å². The van der Waals surface area contributed by atoms with Gasteiger partial charge in [-0.3, -0.25) is 0 Å². The lowest BCUT2D eigenvalue weighted by Gasteiger charge is -2.24. The van der Waals surface area contributed by atoms with Gasteiger partial charge in [-0.2, -0.15) is 0 Å². The summed E-state index contributed by atoms with van der Waals surface area (Å²) in [6.45, 7) is 0. The Hall–Kier alpha value is -2.62. The van der Waals surface area contributed by atoms with Crippen molar-refractivity contribution in [1.82, 2.24) is 9.97 Å². The fourth-order valence-electron chi connectivity index (χ4n) is 3.36. The number of hydrogen-bond donors (Lipinski definition) is 2. The second kappa shape index (κ2) is 6.48. The molecule has 1 aliphatic carbocycles. The number of para-hydroxylation sites is 2. The molecule has 1 fully saturated rings. The van der Waals surface area contributed by atoms with Gasteiger partial charge in [0.2, 0.25) is 0 Å². The van der Waals surface area contributed by atoms with Gasteiger partial charge < -0.3 is 10.4 Å². The van der Waals surface area contributed by atoms with Crippen molar-refractivity contribution in [3.8, 4) is 17.0 Å². The van der Waals surface area contributed by atoms with Gasteiger partial charge in [-0.25, -0.2) is 9.97 Å². The Labute approximate surface area is 141 Å². The molecular weight excluding hydrogens is 298 g/mol. The standard InChI is InChI=1S/C20H21N3O/c24-16-12-10-14(11-13-16)19-20(21-15-6-2-1-3-7-15)23-18-9-5-4-8-17(18)22-19/h4-5,8-13,15,24H,1-3,6-7H2,(H,21,23). The molecule has 1 aromatic heterocycles. The number of hydrogen-bond acceptors (Lipinski definition) is 4. The fraction of sp³-hybridized carbons (Fsp3) is 0.300. The Morgan fingerprint density at radius 3 is 2.21 bits per heavy atom. The van der Waals surface area contributed by atoms with E-state index < -0.39 is 0 Å². The monoisotopic (exact) mass is 319 g/mol. The van der Waals surface area contributed by atoms with Crippen molar-refractivity contribution < 1.29 is 5.11 Å². The van der Waals surface area contributed by atoms with Gasteiger partial charge in [0.15, 0.2) is 5.82 Å². The van der Waals surface area contributed by atoms with E-state index in [1.807, 2.05) is 36.4 Å². The smallest absolute Gasteiger partial charge is 0.153 e. The predicted molar refractivity (Wildman–Crippen MR) is 97.1 cm³/mol. The van der Waals surface area contributed by atoms with Crippen molar-refractivity contribution in [1.29, 1.82) is 0 Å². The van der Waals surface area contributed by atoms with E-state index in [1.54, 1.807) is 12.1 Å². The Morgan fingerprint density at radius 1 is 0.833 bits per heavy atom. The molecule has 0 atom stereocenters. The molecule has 3 aromatic rings. The van der Waals surface area contributed by atoms with Crippen molar-refractivity contribution in [2.24, 2.45) is 0 Å². The lowest BCUT2D eigenvalue weighted by Crippen LogP contribution is -2.23. The van der Waals surface area contributed by atoms with E-state index in [9.17, 15) is 5.11 Å². The zero-order valence-electron chi connectivity index (χ0n) is 13.6. The third-order valence-corrected chi connectivity index (χ3v) is 4.66. The van der Waals surface area contributed by atoms with E-state index in [0.29, 0.717) is 6.04 Å². The van der Waals surface area contributed by atoms with Gasteiger partial charge in [0, 0.05) is 11.6 Å². The second-order valence-corrected chi connectivity index (χ2v) is 6.44. The number of rotatable bonds is 3. The minimum atomic E-state index is 0.259. The van der Waals surface area contributed by atoms with Crippen molar-refractivity contribution in [3.05, 3.63) is 48.5 Å². The van der Waals surface area contributed by atoms with E-state index in [1.165, 1.54) is 32.1 Å². The number of nitrogens with zero attached hydrogens (tertiary/aromatic N) is 2. The number of aromatic hydroxyl groups is 1. The van der Waals surface area contributed by atoms with Gasteiger partial charge in [0.1, 0.15) is 11.4 Å². The van der Waals surface area contributed by atoms with Crippen LogP contribution in [0.1, 0.15) is 32.1 Å². The summed E-state index contributed by atoms with van der Waals surface area (Å²) in [5, 5.41) is 13.2. The molecular formula is C20H21N3O. The number of benzene rings is 2. The molecule has 0 aliphatic heterocycles. The molecule has 122 valence electrons. The Morgan fingerprint density at radius 2 is 1.50 bits per heavy atom. The van der Waals surface area contributed by atoms with E-state index in [4.69, 9.17) is 9.97 Å². The van der Waals surface area contributed by atoms with Crippen LogP contribution >= 0.6 is 0 Å². The van der Waals surface area contributed by atoms with Crippen LogP contribution in [0.15, 0.2) is 48.5 Å². The molecule has 0 spiro atoms. The molecule has 0 unspecified atom stereocenters. The van der Waals surface area contributed by atoms with Crippen molar-refractivity contribution in [2.45, 2.75) is 38.1 Å². The summed E-state index contributed by atoms with van der Waals surface area (Å²) in [7, 11) is 0. The van der Waals surface area contributed by atoms with Crippen LogP contribution < -0.4 is 5.32 Å². The van der Waals surface area contributed by atoms with Gasteiger partial charge in [0.25, 0.3) is 0 Å². The Kier molecular flexibility index (Phi) is 4.03. The summed E-state index contributed by atoms with van der Waals surface area (Å²) in [4.78, 5) is 9.67. The highest BCUT2D eigenvalue weighted by atomic mass is 16.3. The SMILES string of the molecule is Oc1ccc(-c2nc3ccccc3nc2NC2CCCCC2)cc1. The lowest BCUT2D eigenvalue weighted by molar-refractivity contribution is 0.462. The lowest BCUT2D eigenvalue weighted by atomic mass is 9.95. The highest BCUT2D eigenvalue weighted by molar-refractivity contribution is 5.83. The van der Waals surface area contributed by atoms with Gasteiger partial charge in [-0.15, -0.1) is 0 Å². The van der Waals surface area contributed by atoms with Crippen LogP contribution in [0.4, 0.5) is 5.82 Å². The molecule has 0 saturated heterocycles. The highest BCUT2D eigenvalue weighted by Gasteiger charge is 2.17. The topological polar surface area (TPSA) is 58.0 Å². The quantitative estimate of drug-likeness (QED) is 0.731. The largest absolute Gasteiger partial charge is 0.508 e. The van der Waals surface area contributed by atoms with Gasteiger partial charge in [-0.05, 0) is 49.2 Å². The molecule has 4 nitrogen and oxygen atoms in total. The molecule has 2 N–H and O–H groups in total. The zero-order valence-corrected chi connectivity index (χ0v) is 13.6. The van der Waals surface area contributed by atoms with Gasteiger partial charge in [0.05, 0.1) is 11.0 Å². The first-order valence-electron chi connectivity index (χ1n) is 8.62. The molecule has 1 saturated carbocycles. The molecule has 24 heavy (non-hydrogen) atoms. The third kappa shape index (κ3) is 3.04. The Balaban J connectivity index is 1.79. The summed E-state index contributed by atoms with van der Waals surface area (Å²) in [5.41, 5.74) is 3.59. The zero-order chi connectivity index (χ0) is 16.4. The van der Waals surface area contributed by atoms with Crippen molar-refractivity contribution in [3.63, 3.8) is 0 Å². The molecule has 2 aromatic carbocycles. The molecule has 0 bridgehead atoms. The van der Waals surface area contributed by atoms with Crippen LogP contribution in [0, 0.1) is 0 Å². The normalized spacial score (nSPS) is 15.5. The summed E-state index contributed by atoms with van der Waals surface area (Å²) in [6.07, 6.45) is 6.24. The number of anilines is 1. The van der Waals surface area contributed by atoms with Crippen molar-refractivity contribution >= 4 is 16.9 Å². The number of fused-ring (bicyclic) bond motifs is 1. The van der Waals surface area contributed by atoms with Crippen LogP contribution in [-0.4, -0.2) is 21.1 Å². The fourth-order valence-corrected chi connectivity index (χ4v) is 3.36. The Bertz CT molecular complexity index is 839. The minimum absolute atomic E-state index is 0.259. The van der Waals surface area contributed by atoms with E-state index in [0.717, 1.165) is 28.1 Å². The van der Waals surface area contributed by atoms with E-state index in [2.05, 4.69) is 5.32 Å². The molecule has 1 heterocycles. The van der Waals surface area contributed by atoms with Crippen LogP contribution in [0.3, 0.4) is 0 Å². The maximum atomic E-state index is 9.55. The van der Waals surface area contributed by atoms with Crippen LogP contribution in [0.5, 0.6) is 5.75 Å². The number of phenols is 1. The third-order valence-electron chi connectivity index (χ3n) is 4.66. The number of phenolic OH excluding ortho intramolecular Hbond substituents is 1. The number of nitrogens with one attached hydrogen (secondary N) is 1.